The molecule has 0 amide bonds. The first-order valence-electron chi connectivity index (χ1n) is 6.13. The van der Waals surface area contributed by atoms with Gasteiger partial charge in [-0.1, -0.05) is 29.8 Å². The zero-order valence-corrected chi connectivity index (χ0v) is 11.0. The maximum atomic E-state index is 6.14. The molecule has 0 saturated heterocycles. The van der Waals surface area contributed by atoms with Gasteiger partial charge in [0.15, 0.2) is 0 Å². The first-order valence-corrected chi connectivity index (χ1v) is 6.51. The van der Waals surface area contributed by atoms with Crippen molar-refractivity contribution in [3.8, 4) is 0 Å². The van der Waals surface area contributed by atoms with Gasteiger partial charge in [-0.3, -0.25) is 4.98 Å². The highest BCUT2D eigenvalue weighted by Gasteiger charge is 2.05. The number of rotatable bonds is 5. The van der Waals surface area contributed by atoms with Crippen LogP contribution in [0.4, 0.5) is 0 Å². The number of nitrogens with two attached hydrogens (primary N) is 1. The SMILES string of the molecule is NC(CCc1cccnc1)Cc1cccc(Cl)c1. The second kappa shape index (κ2) is 6.53. The Bertz CT molecular complexity index is 485. The second-order valence-corrected chi connectivity index (χ2v) is 4.93. The van der Waals surface area contributed by atoms with Gasteiger partial charge in [0.2, 0.25) is 0 Å². The zero-order chi connectivity index (χ0) is 12.8. The highest BCUT2D eigenvalue weighted by Crippen LogP contribution is 2.13. The van der Waals surface area contributed by atoms with Crippen LogP contribution in [0.3, 0.4) is 0 Å². The summed E-state index contributed by atoms with van der Waals surface area (Å²) in [7, 11) is 0. The van der Waals surface area contributed by atoms with Crippen molar-refractivity contribution >= 4 is 11.6 Å². The summed E-state index contributed by atoms with van der Waals surface area (Å²) in [5.41, 5.74) is 8.57. The molecule has 0 aliphatic heterocycles. The van der Waals surface area contributed by atoms with E-state index in [0.29, 0.717) is 0 Å². The molecule has 3 heteroatoms. The lowest BCUT2D eigenvalue weighted by atomic mass is 10.0. The number of hydrogen-bond acceptors (Lipinski definition) is 2. The fourth-order valence-corrected chi connectivity index (χ4v) is 2.18. The summed E-state index contributed by atoms with van der Waals surface area (Å²) >= 11 is 5.95. The molecule has 0 aliphatic carbocycles. The van der Waals surface area contributed by atoms with Crippen molar-refractivity contribution in [3.05, 3.63) is 64.9 Å². The van der Waals surface area contributed by atoms with Crippen LogP contribution in [0, 0.1) is 0 Å². The maximum absolute atomic E-state index is 6.14. The molecule has 0 aliphatic rings. The Balaban J connectivity index is 1.84. The van der Waals surface area contributed by atoms with E-state index < -0.39 is 0 Å². The number of hydrogen-bond donors (Lipinski definition) is 1. The molecule has 1 heterocycles. The Morgan fingerprint density at radius 1 is 1.17 bits per heavy atom. The molecule has 0 spiro atoms. The predicted molar refractivity (Wildman–Crippen MR) is 75.7 cm³/mol. The van der Waals surface area contributed by atoms with Gasteiger partial charge in [-0.05, 0) is 48.6 Å². The van der Waals surface area contributed by atoms with Crippen LogP contribution in [-0.4, -0.2) is 11.0 Å². The molecule has 2 nitrogen and oxygen atoms in total. The van der Waals surface area contributed by atoms with Crippen molar-refractivity contribution in [3.63, 3.8) is 0 Å². The van der Waals surface area contributed by atoms with Crippen LogP contribution in [0.2, 0.25) is 5.02 Å². The lowest BCUT2D eigenvalue weighted by Crippen LogP contribution is -2.23. The van der Waals surface area contributed by atoms with E-state index in [1.807, 2.05) is 30.5 Å². The highest BCUT2D eigenvalue weighted by molar-refractivity contribution is 6.30. The quantitative estimate of drug-likeness (QED) is 0.896. The molecule has 0 radical (unpaired) electrons. The number of nitrogens with zero attached hydrogens (tertiary/aromatic N) is 1. The fraction of sp³-hybridized carbons (Fsp3) is 0.267. The summed E-state index contributed by atoms with van der Waals surface area (Å²) in [6.45, 7) is 0. The third-order valence-electron chi connectivity index (χ3n) is 2.91. The Hall–Kier alpha value is -1.38. The van der Waals surface area contributed by atoms with Gasteiger partial charge in [0.1, 0.15) is 0 Å². The average Bonchev–Trinajstić information content (AvgIpc) is 2.38. The van der Waals surface area contributed by atoms with E-state index in [4.69, 9.17) is 17.3 Å². The molecule has 0 fully saturated rings. The van der Waals surface area contributed by atoms with Crippen LogP contribution in [0.1, 0.15) is 17.5 Å². The summed E-state index contributed by atoms with van der Waals surface area (Å²) in [6.07, 6.45) is 6.47. The van der Waals surface area contributed by atoms with E-state index in [-0.39, 0.29) is 6.04 Å². The lowest BCUT2D eigenvalue weighted by molar-refractivity contribution is 0.610. The van der Waals surface area contributed by atoms with Gasteiger partial charge in [-0.25, -0.2) is 0 Å². The smallest absolute Gasteiger partial charge is 0.0408 e. The molecule has 1 atom stereocenters. The number of halogens is 1. The van der Waals surface area contributed by atoms with Crippen LogP contribution in [-0.2, 0) is 12.8 Å². The molecule has 2 rings (SSSR count). The largest absolute Gasteiger partial charge is 0.327 e. The van der Waals surface area contributed by atoms with Crippen LogP contribution >= 0.6 is 11.6 Å². The molecular weight excluding hydrogens is 244 g/mol. The monoisotopic (exact) mass is 260 g/mol. The van der Waals surface area contributed by atoms with Crippen LogP contribution in [0.5, 0.6) is 0 Å². The second-order valence-electron chi connectivity index (χ2n) is 4.49. The van der Waals surface area contributed by atoms with Crippen molar-refractivity contribution in [1.82, 2.24) is 4.98 Å². The Morgan fingerprint density at radius 2 is 2.00 bits per heavy atom. The topological polar surface area (TPSA) is 38.9 Å². The molecule has 1 unspecified atom stereocenters. The van der Waals surface area contributed by atoms with Gasteiger partial charge in [0.05, 0.1) is 0 Å². The van der Waals surface area contributed by atoms with E-state index in [1.165, 1.54) is 11.1 Å². The van der Waals surface area contributed by atoms with Gasteiger partial charge in [-0.15, -0.1) is 0 Å². The zero-order valence-electron chi connectivity index (χ0n) is 10.2. The minimum Gasteiger partial charge on any atom is -0.327 e. The van der Waals surface area contributed by atoms with Gasteiger partial charge >= 0.3 is 0 Å². The van der Waals surface area contributed by atoms with Gasteiger partial charge < -0.3 is 5.73 Å². The molecule has 18 heavy (non-hydrogen) atoms. The Labute approximate surface area is 113 Å². The van der Waals surface area contributed by atoms with E-state index in [2.05, 4.69) is 17.1 Å². The first-order chi connectivity index (χ1) is 8.74. The molecule has 0 bridgehead atoms. The summed E-state index contributed by atoms with van der Waals surface area (Å²) in [5, 5.41) is 0.770. The van der Waals surface area contributed by atoms with Crippen molar-refractivity contribution in [2.24, 2.45) is 5.73 Å². The summed E-state index contributed by atoms with van der Waals surface area (Å²) in [5.74, 6) is 0. The summed E-state index contributed by atoms with van der Waals surface area (Å²) in [4.78, 5) is 4.10. The predicted octanol–water partition coefficient (Wildman–Crippen LogP) is 3.24. The van der Waals surface area contributed by atoms with Crippen molar-refractivity contribution in [1.29, 1.82) is 0 Å². The molecule has 0 saturated carbocycles. The Kier molecular flexibility index (Phi) is 4.73. The number of benzene rings is 1. The van der Waals surface area contributed by atoms with E-state index in [1.54, 1.807) is 6.20 Å². The third kappa shape index (κ3) is 4.13. The van der Waals surface area contributed by atoms with Crippen LogP contribution < -0.4 is 5.73 Å². The molecule has 2 aromatic rings. The molecule has 1 aromatic carbocycles. The van der Waals surface area contributed by atoms with Crippen molar-refractivity contribution in [2.45, 2.75) is 25.3 Å². The van der Waals surface area contributed by atoms with Gasteiger partial charge in [0.25, 0.3) is 0 Å². The minimum absolute atomic E-state index is 0.156. The highest BCUT2D eigenvalue weighted by atomic mass is 35.5. The van der Waals surface area contributed by atoms with Gasteiger partial charge in [-0.2, -0.15) is 0 Å². The summed E-state index contributed by atoms with van der Waals surface area (Å²) in [6, 6.07) is 12.1. The van der Waals surface area contributed by atoms with E-state index in [9.17, 15) is 0 Å². The minimum atomic E-state index is 0.156. The average molecular weight is 261 g/mol. The standard InChI is InChI=1S/C15H17ClN2/c16-14-5-1-3-13(9-14)10-15(17)7-6-12-4-2-8-18-11-12/h1-5,8-9,11,15H,6-7,10,17H2. The van der Waals surface area contributed by atoms with Gasteiger partial charge in [0, 0.05) is 23.5 Å². The maximum Gasteiger partial charge on any atom is 0.0408 e. The van der Waals surface area contributed by atoms with E-state index >= 15 is 0 Å². The Morgan fingerprint density at radius 3 is 2.72 bits per heavy atom. The molecule has 94 valence electrons. The summed E-state index contributed by atoms with van der Waals surface area (Å²) < 4.78 is 0. The molecule has 1 aromatic heterocycles. The first kappa shape index (κ1) is 13.1. The number of aryl methyl sites for hydroxylation is 1. The third-order valence-corrected chi connectivity index (χ3v) is 3.15. The number of aromatic nitrogens is 1. The molecule has 2 N–H and O–H groups in total. The fourth-order valence-electron chi connectivity index (χ4n) is 1.97. The normalized spacial score (nSPS) is 12.3. The lowest BCUT2D eigenvalue weighted by Gasteiger charge is -2.11. The van der Waals surface area contributed by atoms with Crippen molar-refractivity contribution < 1.29 is 0 Å². The van der Waals surface area contributed by atoms with Crippen LogP contribution in [0.25, 0.3) is 0 Å². The molecular formula is C15H17ClN2. The van der Waals surface area contributed by atoms with E-state index in [0.717, 1.165) is 24.3 Å². The number of pyridine rings is 1. The van der Waals surface area contributed by atoms with Crippen LogP contribution in [0.15, 0.2) is 48.8 Å². The van der Waals surface area contributed by atoms with Crippen molar-refractivity contribution in [2.75, 3.05) is 0 Å².